The summed E-state index contributed by atoms with van der Waals surface area (Å²) in [5, 5.41) is 8.92. The molecule has 0 amide bonds. The molecule has 160 valence electrons. The van der Waals surface area contributed by atoms with E-state index in [9.17, 15) is 0 Å². The fraction of sp³-hybridized carbons (Fsp3) is 0.571. The highest BCUT2D eigenvalue weighted by Crippen LogP contribution is 2.35. The zero-order valence-corrected chi connectivity index (χ0v) is 17.6. The summed E-state index contributed by atoms with van der Waals surface area (Å²) in [5.41, 5.74) is 2.79. The lowest BCUT2D eigenvalue weighted by Crippen LogP contribution is -2.42. The minimum Gasteiger partial charge on any atom is -0.477 e. The zero-order valence-electron chi connectivity index (χ0n) is 17.6. The number of fused-ring (bicyclic) bond motifs is 1. The fourth-order valence-electron chi connectivity index (χ4n) is 4.68. The number of rotatable bonds is 6. The number of anilines is 2. The van der Waals surface area contributed by atoms with Crippen LogP contribution >= 0.6 is 0 Å². The van der Waals surface area contributed by atoms with Crippen LogP contribution < -0.4 is 10.1 Å². The average molecular weight is 412 g/mol. The van der Waals surface area contributed by atoms with E-state index in [2.05, 4.69) is 36.8 Å². The fourth-order valence-corrected chi connectivity index (χ4v) is 4.68. The van der Waals surface area contributed by atoms with Crippen LogP contribution in [0.2, 0.25) is 0 Å². The highest BCUT2D eigenvalue weighted by Gasteiger charge is 2.32. The summed E-state index contributed by atoms with van der Waals surface area (Å²) in [6.45, 7) is 8.41. The van der Waals surface area contributed by atoms with Crippen LogP contribution in [0.25, 0.3) is 11.0 Å². The molecule has 1 aliphatic carbocycles. The standard InChI is InChI=1S/C21H29N7O2/c1-3-30-20-17-6-7-22-19(17)25-21(26-20)24-18-13-23-28(14(18)2)16-5-4-15(12-16)27-8-10-29-11-9-27/h6-7,13,15-16H,3-5,8-12H2,1-2H3,(H2,22,24,25,26). The molecule has 3 aromatic heterocycles. The second-order valence-corrected chi connectivity index (χ2v) is 8.01. The van der Waals surface area contributed by atoms with Crippen molar-refractivity contribution in [2.24, 2.45) is 0 Å². The van der Waals surface area contributed by atoms with Gasteiger partial charge in [0.25, 0.3) is 0 Å². The molecule has 9 heteroatoms. The van der Waals surface area contributed by atoms with Gasteiger partial charge in [-0.1, -0.05) is 0 Å². The van der Waals surface area contributed by atoms with Gasteiger partial charge in [0.1, 0.15) is 5.65 Å². The van der Waals surface area contributed by atoms with Gasteiger partial charge in [0.2, 0.25) is 11.8 Å². The number of aromatic nitrogens is 5. The number of ether oxygens (including phenoxy) is 2. The Labute approximate surface area is 175 Å². The van der Waals surface area contributed by atoms with Gasteiger partial charge in [-0.2, -0.15) is 15.1 Å². The van der Waals surface area contributed by atoms with Gasteiger partial charge >= 0.3 is 0 Å². The van der Waals surface area contributed by atoms with E-state index in [0.29, 0.717) is 30.5 Å². The van der Waals surface area contributed by atoms with Crippen LogP contribution in [0.1, 0.15) is 37.9 Å². The third-order valence-corrected chi connectivity index (χ3v) is 6.24. The molecule has 5 rings (SSSR count). The van der Waals surface area contributed by atoms with Crippen molar-refractivity contribution < 1.29 is 9.47 Å². The van der Waals surface area contributed by atoms with Crippen molar-refractivity contribution in [3.8, 4) is 5.88 Å². The number of nitrogens with one attached hydrogen (secondary N) is 2. The summed E-state index contributed by atoms with van der Waals surface area (Å²) >= 11 is 0. The largest absolute Gasteiger partial charge is 0.477 e. The molecular formula is C21H29N7O2. The molecule has 3 aromatic rings. The Kier molecular flexibility index (Phi) is 5.30. The first-order valence-electron chi connectivity index (χ1n) is 10.8. The van der Waals surface area contributed by atoms with Crippen molar-refractivity contribution in [2.75, 3.05) is 38.2 Å². The monoisotopic (exact) mass is 411 g/mol. The van der Waals surface area contributed by atoms with Gasteiger partial charge in [0, 0.05) is 25.3 Å². The third-order valence-electron chi connectivity index (χ3n) is 6.24. The highest BCUT2D eigenvalue weighted by atomic mass is 16.5. The van der Waals surface area contributed by atoms with E-state index in [1.807, 2.05) is 25.4 Å². The Morgan fingerprint density at radius 2 is 2.07 bits per heavy atom. The summed E-state index contributed by atoms with van der Waals surface area (Å²) in [4.78, 5) is 14.9. The molecule has 1 aliphatic heterocycles. The van der Waals surface area contributed by atoms with E-state index in [1.165, 1.54) is 6.42 Å². The maximum absolute atomic E-state index is 5.70. The van der Waals surface area contributed by atoms with Crippen molar-refractivity contribution >= 4 is 22.7 Å². The van der Waals surface area contributed by atoms with Crippen molar-refractivity contribution in [3.63, 3.8) is 0 Å². The maximum atomic E-state index is 5.70. The van der Waals surface area contributed by atoms with Crippen LogP contribution in [0.3, 0.4) is 0 Å². The lowest BCUT2D eigenvalue weighted by Gasteiger charge is -2.32. The maximum Gasteiger partial charge on any atom is 0.232 e. The molecule has 2 atom stereocenters. The minimum atomic E-state index is 0.430. The second kappa shape index (κ2) is 8.23. The lowest BCUT2D eigenvalue weighted by atomic mass is 10.2. The average Bonchev–Trinajstić information content (AvgIpc) is 3.50. The smallest absolute Gasteiger partial charge is 0.232 e. The SMILES string of the molecule is CCOc1nc(Nc2cnn(C3CCC(N4CCOCC4)C3)c2C)nc2[nH]ccc12. The minimum absolute atomic E-state index is 0.430. The first kappa shape index (κ1) is 19.3. The molecule has 2 N–H and O–H groups in total. The molecule has 2 fully saturated rings. The lowest BCUT2D eigenvalue weighted by molar-refractivity contribution is 0.0172. The summed E-state index contributed by atoms with van der Waals surface area (Å²) in [6, 6.07) is 2.99. The summed E-state index contributed by atoms with van der Waals surface area (Å²) < 4.78 is 13.4. The molecule has 1 saturated heterocycles. The van der Waals surface area contributed by atoms with Crippen molar-refractivity contribution in [3.05, 3.63) is 24.2 Å². The van der Waals surface area contributed by atoms with E-state index in [-0.39, 0.29) is 0 Å². The number of aromatic amines is 1. The first-order valence-corrected chi connectivity index (χ1v) is 10.8. The molecule has 2 unspecified atom stereocenters. The van der Waals surface area contributed by atoms with E-state index in [0.717, 1.165) is 61.6 Å². The molecule has 0 radical (unpaired) electrons. The van der Waals surface area contributed by atoms with Gasteiger partial charge in [-0.05, 0) is 39.2 Å². The third kappa shape index (κ3) is 3.63. The Morgan fingerprint density at radius 1 is 1.23 bits per heavy atom. The van der Waals surface area contributed by atoms with E-state index in [1.54, 1.807) is 0 Å². The van der Waals surface area contributed by atoms with E-state index in [4.69, 9.17) is 14.6 Å². The summed E-state index contributed by atoms with van der Waals surface area (Å²) in [5.74, 6) is 1.09. The molecule has 2 aliphatic rings. The molecule has 0 aromatic carbocycles. The molecule has 1 saturated carbocycles. The van der Waals surface area contributed by atoms with Gasteiger partial charge in [-0.25, -0.2) is 0 Å². The summed E-state index contributed by atoms with van der Waals surface area (Å²) in [7, 11) is 0. The molecule has 4 heterocycles. The van der Waals surface area contributed by atoms with Crippen molar-refractivity contribution in [1.82, 2.24) is 29.6 Å². The highest BCUT2D eigenvalue weighted by molar-refractivity contribution is 5.82. The number of hydrogen-bond acceptors (Lipinski definition) is 7. The first-order chi connectivity index (χ1) is 14.7. The Morgan fingerprint density at radius 3 is 2.90 bits per heavy atom. The van der Waals surface area contributed by atoms with Crippen LogP contribution in [0, 0.1) is 6.92 Å². The van der Waals surface area contributed by atoms with Gasteiger partial charge in [-0.3, -0.25) is 9.58 Å². The molecule has 0 spiro atoms. The predicted octanol–water partition coefficient (Wildman–Crippen LogP) is 3.03. The molecule has 0 bridgehead atoms. The molecular weight excluding hydrogens is 382 g/mol. The topological polar surface area (TPSA) is 93.1 Å². The Bertz CT molecular complexity index is 1010. The number of nitrogens with zero attached hydrogens (tertiary/aromatic N) is 5. The second-order valence-electron chi connectivity index (χ2n) is 8.01. The van der Waals surface area contributed by atoms with E-state index < -0.39 is 0 Å². The predicted molar refractivity (Wildman–Crippen MR) is 114 cm³/mol. The van der Waals surface area contributed by atoms with Crippen molar-refractivity contribution in [1.29, 1.82) is 0 Å². The Hall–Kier alpha value is -2.65. The van der Waals surface area contributed by atoms with Gasteiger partial charge < -0.3 is 19.8 Å². The molecule has 30 heavy (non-hydrogen) atoms. The quantitative estimate of drug-likeness (QED) is 0.644. The van der Waals surface area contributed by atoms with Crippen LogP contribution in [-0.4, -0.2) is 68.6 Å². The normalized spacial score (nSPS) is 22.6. The van der Waals surface area contributed by atoms with Crippen LogP contribution in [0.4, 0.5) is 11.6 Å². The van der Waals surface area contributed by atoms with Crippen LogP contribution in [0.15, 0.2) is 18.5 Å². The van der Waals surface area contributed by atoms with Crippen molar-refractivity contribution in [2.45, 2.75) is 45.2 Å². The number of H-pyrrole nitrogens is 1. The summed E-state index contributed by atoms with van der Waals surface area (Å²) in [6.07, 6.45) is 7.24. The van der Waals surface area contributed by atoms with Gasteiger partial charge in [0.05, 0.1) is 48.8 Å². The molecule has 9 nitrogen and oxygen atoms in total. The van der Waals surface area contributed by atoms with Gasteiger partial charge in [0.15, 0.2) is 0 Å². The number of morpholine rings is 1. The van der Waals surface area contributed by atoms with Crippen LogP contribution in [-0.2, 0) is 4.74 Å². The Balaban J connectivity index is 1.32. The van der Waals surface area contributed by atoms with E-state index >= 15 is 0 Å². The van der Waals surface area contributed by atoms with Gasteiger partial charge in [-0.15, -0.1) is 0 Å². The number of hydrogen-bond donors (Lipinski definition) is 2. The zero-order chi connectivity index (χ0) is 20.5. The van der Waals surface area contributed by atoms with Crippen LogP contribution in [0.5, 0.6) is 5.88 Å².